The molecule has 1 rings (SSSR count). The summed E-state index contributed by atoms with van der Waals surface area (Å²) in [7, 11) is 0. The van der Waals surface area contributed by atoms with Crippen molar-refractivity contribution in [2.45, 2.75) is 20.3 Å². The molecule has 17 heavy (non-hydrogen) atoms. The Morgan fingerprint density at radius 3 is 2.65 bits per heavy atom. The number of hydrogen-bond donors (Lipinski definition) is 2. The van der Waals surface area contributed by atoms with Crippen LogP contribution in [0.4, 0.5) is 5.69 Å². The van der Waals surface area contributed by atoms with Crippen molar-refractivity contribution in [2.75, 3.05) is 5.32 Å². The van der Waals surface area contributed by atoms with Crippen LogP contribution in [0.15, 0.2) is 35.9 Å². The molecule has 1 aromatic rings. The van der Waals surface area contributed by atoms with Gasteiger partial charge in [0.05, 0.1) is 6.42 Å². The molecule has 0 saturated carbocycles. The Morgan fingerprint density at radius 2 is 2.06 bits per heavy atom. The van der Waals surface area contributed by atoms with E-state index in [2.05, 4.69) is 5.32 Å². The van der Waals surface area contributed by atoms with Gasteiger partial charge in [-0.3, -0.25) is 9.59 Å². The minimum absolute atomic E-state index is 0.0493. The van der Waals surface area contributed by atoms with E-state index < -0.39 is 5.97 Å². The Morgan fingerprint density at radius 1 is 1.35 bits per heavy atom. The highest BCUT2D eigenvalue weighted by atomic mass is 16.4. The van der Waals surface area contributed by atoms with Gasteiger partial charge < -0.3 is 10.4 Å². The number of hydrogen-bond acceptors (Lipinski definition) is 2. The molecule has 0 bridgehead atoms. The molecule has 4 nitrogen and oxygen atoms in total. The topological polar surface area (TPSA) is 66.4 Å². The first kappa shape index (κ1) is 13.0. The summed E-state index contributed by atoms with van der Waals surface area (Å²) < 4.78 is 0. The summed E-state index contributed by atoms with van der Waals surface area (Å²) in [6.45, 7) is 3.67. The van der Waals surface area contributed by atoms with Crippen molar-refractivity contribution in [1.29, 1.82) is 0 Å². The van der Waals surface area contributed by atoms with Crippen LogP contribution in [-0.2, 0) is 16.0 Å². The average Bonchev–Trinajstić information content (AvgIpc) is 2.14. The van der Waals surface area contributed by atoms with Gasteiger partial charge >= 0.3 is 5.97 Å². The van der Waals surface area contributed by atoms with Crippen LogP contribution >= 0.6 is 0 Å². The summed E-state index contributed by atoms with van der Waals surface area (Å²) in [5.41, 5.74) is 2.17. The number of nitrogens with one attached hydrogen (secondary N) is 1. The van der Waals surface area contributed by atoms with Gasteiger partial charge in [0.1, 0.15) is 0 Å². The van der Waals surface area contributed by atoms with Gasteiger partial charge in [-0.15, -0.1) is 0 Å². The van der Waals surface area contributed by atoms with Gasteiger partial charge in [0.2, 0.25) is 5.91 Å². The number of rotatable bonds is 4. The van der Waals surface area contributed by atoms with Crippen LogP contribution < -0.4 is 5.32 Å². The van der Waals surface area contributed by atoms with Gasteiger partial charge in [-0.05, 0) is 31.5 Å². The molecule has 0 aliphatic rings. The first-order chi connectivity index (χ1) is 7.97. The molecule has 0 radical (unpaired) electrons. The summed E-state index contributed by atoms with van der Waals surface area (Å²) >= 11 is 0. The molecule has 0 saturated heterocycles. The third-order valence-electron chi connectivity index (χ3n) is 1.97. The lowest BCUT2D eigenvalue weighted by molar-refractivity contribution is -0.136. The first-order valence-corrected chi connectivity index (χ1v) is 5.24. The highest BCUT2D eigenvalue weighted by molar-refractivity contribution is 5.99. The predicted octanol–water partition coefficient (Wildman–Crippen LogP) is 2.22. The summed E-state index contributed by atoms with van der Waals surface area (Å²) in [4.78, 5) is 22.0. The number of carbonyl (C=O) groups excluding carboxylic acids is 1. The summed E-state index contributed by atoms with van der Waals surface area (Å²) in [5, 5.41) is 11.3. The fourth-order valence-corrected chi connectivity index (χ4v) is 1.37. The highest BCUT2D eigenvalue weighted by Crippen LogP contribution is 2.11. The standard InChI is InChI=1S/C13H15NO3/c1-9(2)6-12(15)14-11-5-3-4-10(7-11)8-13(16)17/h3-7H,8H2,1-2H3,(H,14,15)(H,16,17). The van der Waals surface area contributed by atoms with Gasteiger partial charge in [0, 0.05) is 11.8 Å². The van der Waals surface area contributed by atoms with Gasteiger partial charge in [-0.2, -0.15) is 0 Å². The van der Waals surface area contributed by atoms with Crippen molar-refractivity contribution < 1.29 is 14.7 Å². The Balaban J connectivity index is 2.75. The van der Waals surface area contributed by atoms with Crippen molar-refractivity contribution in [3.63, 3.8) is 0 Å². The van der Waals surface area contributed by atoms with Gasteiger partial charge in [-0.1, -0.05) is 17.7 Å². The molecule has 90 valence electrons. The molecular formula is C13H15NO3. The molecule has 0 heterocycles. The Kier molecular flexibility index (Phi) is 4.46. The minimum Gasteiger partial charge on any atom is -0.481 e. The Labute approximate surface area is 100.0 Å². The summed E-state index contributed by atoms with van der Waals surface area (Å²) in [6.07, 6.45) is 1.44. The molecule has 1 aromatic carbocycles. The molecule has 2 N–H and O–H groups in total. The number of carbonyl (C=O) groups is 2. The molecule has 4 heteroatoms. The number of carboxylic acids is 1. The molecule has 0 unspecified atom stereocenters. The SMILES string of the molecule is CC(C)=CC(=O)Nc1cccc(CC(=O)O)c1. The van der Waals surface area contributed by atoms with E-state index in [0.29, 0.717) is 11.3 Å². The van der Waals surface area contributed by atoms with E-state index in [-0.39, 0.29) is 12.3 Å². The number of allylic oxidation sites excluding steroid dienone is 1. The fraction of sp³-hybridized carbons (Fsp3) is 0.231. The first-order valence-electron chi connectivity index (χ1n) is 5.24. The number of anilines is 1. The normalized spacial score (nSPS) is 9.53. The second-order valence-electron chi connectivity index (χ2n) is 3.98. The monoisotopic (exact) mass is 233 g/mol. The van der Waals surface area contributed by atoms with Crippen LogP contribution in [0.25, 0.3) is 0 Å². The highest BCUT2D eigenvalue weighted by Gasteiger charge is 2.03. The van der Waals surface area contributed by atoms with E-state index in [4.69, 9.17) is 5.11 Å². The van der Waals surface area contributed by atoms with Crippen LogP contribution in [0.2, 0.25) is 0 Å². The van der Waals surface area contributed by atoms with Crippen molar-refractivity contribution in [3.8, 4) is 0 Å². The van der Waals surface area contributed by atoms with E-state index in [0.717, 1.165) is 5.57 Å². The Hall–Kier alpha value is -2.10. The zero-order valence-corrected chi connectivity index (χ0v) is 9.86. The maximum absolute atomic E-state index is 11.5. The van der Waals surface area contributed by atoms with Crippen LogP contribution in [0.5, 0.6) is 0 Å². The van der Waals surface area contributed by atoms with E-state index in [1.54, 1.807) is 24.3 Å². The van der Waals surface area contributed by atoms with E-state index >= 15 is 0 Å². The van der Waals surface area contributed by atoms with E-state index in [1.807, 2.05) is 13.8 Å². The largest absolute Gasteiger partial charge is 0.481 e. The third-order valence-corrected chi connectivity index (χ3v) is 1.97. The maximum atomic E-state index is 11.5. The number of amides is 1. The number of benzene rings is 1. The molecule has 0 fully saturated rings. The second-order valence-corrected chi connectivity index (χ2v) is 3.98. The van der Waals surface area contributed by atoms with Crippen molar-refractivity contribution in [3.05, 3.63) is 41.5 Å². The second kappa shape index (κ2) is 5.84. The molecular weight excluding hydrogens is 218 g/mol. The third kappa shape index (κ3) is 4.97. The zero-order valence-electron chi connectivity index (χ0n) is 9.86. The lowest BCUT2D eigenvalue weighted by Gasteiger charge is -2.04. The molecule has 0 aliphatic heterocycles. The average molecular weight is 233 g/mol. The van der Waals surface area contributed by atoms with Crippen LogP contribution in [0.1, 0.15) is 19.4 Å². The number of carboxylic acid groups (broad SMARTS) is 1. The smallest absolute Gasteiger partial charge is 0.307 e. The maximum Gasteiger partial charge on any atom is 0.307 e. The number of aliphatic carboxylic acids is 1. The van der Waals surface area contributed by atoms with Crippen LogP contribution in [0.3, 0.4) is 0 Å². The lowest BCUT2D eigenvalue weighted by atomic mass is 10.1. The van der Waals surface area contributed by atoms with Crippen molar-refractivity contribution >= 4 is 17.6 Å². The van der Waals surface area contributed by atoms with Crippen molar-refractivity contribution in [2.24, 2.45) is 0 Å². The van der Waals surface area contributed by atoms with Gasteiger partial charge in [0.25, 0.3) is 0 Å². The van der Waals surface area contributed by atoms with E-state index in [9.17, 15) is 9.59 Å². The van der Waals surface area contributed by atoms with Gasteiger partial charge in [-0.25, -0.2) is 0 Å². The quantitative estimate of drug-likeness (QED) is 0.783. The zero-order chi connectivity index (χ0) is 12.8. The Bertz CT molecular complexity index is 459. The van der Waals surface area contributed by atoms with E-state index in [1.165, 1.54) is 6.08 Å². The molecule has 0 spiro atoms. The van der Waals surface area contributed by atoms with Crippen molar-refractivity contribution in [1.82, 2.24) is 0 Å². The molecule has 0 aromatic heterocycles. The summed E-state index contributed by atoms with van der Waals surface area (Å²) in [6, 6.07) is 6.81. The molecule has 0 atom stereocenters. The van der Waals surface area contributed by atoms with Gasteiger partial charge in [0.15, 0.2) is 0 Å². The molecule has 1 amide bonds. The predicted molar refractivity (Wildman–Crippen MR) is 65.8 cm³/mol. The fourth-order valence-electron chi connectivity index (χ4n) is 1.37. The minimum atomic E-state index is -0.891. The lowest BCUT2D eigenvalue weighted by Crippen LogP contribution is -2.09. The molecule has 0 aliphatic carbocycles. The van der Waals surface area contributed by atoms with Crippen LogP contribution in [0, 0.1) is 0 Å². The summed E-state index contributed by atoms with van der Waals surface area (Å²) in [5.74, 6) is -1.10. The van der Waals surface area contributed by atoms with Crippen LogP contribution in [-0.4, -0.2) is 17.0 Å².